The Morgan fingerprint density at radius 1 is 1.00 bits per heavy atom. The zero-order chi connectivity index (χ0) is 13.7. The van der Waals surface area contributed by atoms with Crippen molar-refractivity contribution in [2.24, 2.45) is 0 Å². The van der Waals surface area contributed by atoms with Gasteiger partial charge in [0.25, 0.3) is 5.91 Å². The SMILES string of the molecule is [CH2]Cc1ccc(C(=O)NCc2ccc(Cl)cc2)cc1. The molecule has 0 saturated heterocycles. The molecule has 0 saturated carbocycles. The summed E-state index contributed by atoms with van der Waals surface area (Å²) in [6.07, 6.45) is 0.729. The van der Waals surface area contributed by atoms with Crippen molar-refractivity contribution in [1.29, 1.82) is 0 Å². The molecular formula is C16H15ClNO. The Kier molecular flexibility index (Phi) is 4.58. The first-order valence-electron chi connectivity index (χ1n) is 6.10. The highest BCUT2D eigenvalue weighted by atomic mass is 35.5. The molecule has 97 valence electrons. The third-order valence-electron chi connectivity index (χ3n) is 2.87. The first-order valence-corrected chi connectivity index (χ1v) is 6.47. The van der Waals surface area contributed by atoms with E-state index < -0.39 is 0 Å². The first-order chi connectivity index (χ1) is 9.19. The number of rotatable bonds is 4. The van der Waals surface area contributed by atoms with Crippen molar-refractivity contribution in [2.75, 3.05) is 0 Å². The van der Waals surface area contributed by atoms with Gasteiger partial charge in [-0.05, 0) is 48.7 Å². The Morgan fingerprint density at radius 2 is 1.58 bits per heavy atom. The summed E-state index contributed by atoms with van der Waals surface area (Å²) in [6, 6.07) is 14.9. The van der Waals surface area contributed by atoms with Crippen LogP contribution < -0.4 is 5.32 Å². The van der Waals surface area contributed by atoms with Crippen molar-refractivity contribution < 1.29 is 4.79 Å². The minimum Gasteiger partial charge on any atom is -0.348 e. The second-order valence-corrected chi connectivity index (χ2v) is 4.69. The van der Waals surface area contributed by atoms with Gasteiger partial charge in [0.1, 0.15) is 0 Å². The number of benzene rings is 2. The summed E-state index contributed by atoms with van der Waals surface area (Å²) in [6.45, 7) is 4.30. The van der Waals surface area contributed by atoms with E-state index >= 15 is 0 Å². The number of hydrogen-bond donors (Lipinski definition) is 1. The zero-order valence-electron chi connectivity index (χ0n) is 10.5. The molecule has 0 heterocycles. The normalized spacial score (nSPS) is 10.2. The highest BCUT2D eigenvalue weighted by Crippen LogP contribution is 2.10. The van der Waals surface area contributed by atoms with Crippen molar-refractivity contribution in [3.8, 4) is 0 Å². The van der Waals surface area contributed by atoms with Crippen LogP contribution in [0.3, 0.4) is 0 Å². The fraction of sp³-hybridized carbons (Fsp3) is 0.125. The lowest BCUT2D eigenvalue weighted by Gasteiger charge is -2.06. The van der Waals surface area contributed by atoms with E-state index in [0.717, 1.165) is 17.5 Å². The summed E-state index contributed by atoms with van der Waals surface area (Å²) in [5.41, 5.74) is 2.80. The lowest BCUT2D eigenvalue weighted by molar-refractivity contribution is 0.0951. The molecule has 0 spiro atoms. The number of carbonyl (C=O) groups excluding carboxylic acids is 1. The van der Waals surface area contributed by atoms with Gasteiger partial charge in [-0.15, -0.1) is 0 Å². The Balaban J connectivity index is 1.95. The summed E-state index contributed by atoms with van der Waals surface area (Å²) in [7, 11) is 0. The van der Waals surface area contributed by atoms with Gasteiger partial charge in [-0.1, -0.05) is 35.9 Å². The maximum absolute atomic E-state index is 11.9. The molecule has 1 N–H and O–H groups in total. The molecule has 0 atom stereocenters. The fourth-order valence-corrected chi connectivity index (χ4v) is 1.84. The van der Waals surface area contributed by atoms with Crippen molar-refractivity contribution in [3.63, 3.8) is 0 Å². The summed E-state index contributed by atoms with van der Waals surface area (Å²) in [5.74, 6) is -0.0782. The lowest BCUT2D eigenvalue weighted by Crippen LogP contribution is -2.22. The van der Waals surface area contributed by atoms with Gasteiger partial charge in [-0.3, -0.25) is 4.79 Å². The molecule has 0 aliphatic rings. The van der Waals surface area contributed by atoms with Crippen LogP contribution in [0.4, 0.5) is 0 Å². The molecule has 1 amide bonds. The van der Waals surface area contributed by atoms with Gasteiger partial charge in [0, 0.05) is 17.1 Å². The van der Waals surface area contributed by atoms with Crippen molar-refractivity contribution in [1.82, 2.24) is 5.32 Å². The Labute approximate surface area is 118 Å². The fourth-order valence-electron chi connectivity index (χ4n) is 1.71. The molecule has 0 aromatic heterocycles. The number of halogens is 1. The highest BCUT2D eigenvalue weighted by Gasteiger charge is 2.04. The van der Waals surface area contributed by atoms with Gasteiger partial charge in [0.2, 0.25) is 0 Å². The first kappa shape index (κ1) is 13.6. The lowest BCUT2D eigenvalue weighted by atomic mass is 10.1. The minimum absolute atomic E-state index is 0.0782. The van der Waals surface area contributed by atoms with Gasteiger partial charge in [0.15, 0.2) is 0 Å². The third kappa shape index (κ3) is 3.83. The van der Waals surface area contributed by atoms with Gasteiger partial charge < -0.3 is 5.32 Å². The Hall–Kier alpha value is -1.80. The zero-order valence-corrected chi connectivity index (χ0v) is 11.3. The number of carbonyl (C=O) groups is 1. The number of amides is 1. The highest BCUT2D eigenvalue weighted by molar-refractivity contribution is 6.30. The molecule has 2 aromatic carbocycles. The van der Waals surface area contributed by atoms with E-state index in [1.807, 2.05) is 48.5 Å². The van der Waals surface area contributed by atoms with E-state index in [-0.39, 0.29) is 5.91 Å². The quantitative estimate of drug-likeness (QED) is 0.904. The van der Waals surface area contributed by atoms with Gasteiger partial charge in [0.05, 0.1) is 0 Å². The van der Waals surface area contributed by atoms with Crippen LogP contribution in [0.1, 0.15) is 21.5 Å². The van der Waals surface area contributed by atoms with E-state index in [9.17, 15) is 4.79 Å². The Morgan fingerprint density at radius 3 is 2.16 bits per heavy atom. The van der Waals surface area contributed by atoms with Crippen LogP contribution >= 0.6 is 11.6 Å². The minimum atomic E-state index is -0.0782. The van der Waals surface area contributed by atoms with Crippen LogP contribution in [-0.2, 0) is 13.0 Å². The van der Waals surface area contributed by atoms with E-state index in [1.54, 1.807) is 0 Å². The standard InChI is InChI=1S/C16H15ClNO/c1-2-12-3-7-14(8-4-12)16(19)18-11-13-5-9-15(17)10-6-13/h3-10H,1-2,11H2,(H,18,19). The predicted molar refractivity (Wildman–Crippen MR) is 78.1 cm³/mol. The average Bonchev–Trinajstić information content (AvgIpc) is 2.46. The van der Waals surface area contributed by atoms with E-state index in [2.05, 4.69) is 12.2 Å². The third-order valence-corrected chi connectivity index (χ3v) is 3.12. The molecule has 3 heteroatoms. The molecular weight excluding hydrogens is 258 g/mol. The molecule has 19 heavy (non-hydrogen) atoms. The summed E-state index contributed by atoms with van der Waals surface area (Å²) in [5, 5.41) is 3.57. The number of hydrogen-bond acceptors (Lipinski definition) is 1. The molecule has 2 nitrogen and oxygen atoms in total. The van der Waals surface area contributed by atoms with Crippen molar-refractivity contribution in [2.45, 2.75) is 13.0 Å². The summed E-state index contributed by atoms with van der Waals surface area (Å²) < 4.78 is 0. The van der Waals surface area contributed by atoms with Crippen LogP contribution in [0.5, 0.6) is 0 Å². The monoisotopic (exact) mass is 272 g/mol. The van der Waals surface area contributed by atoms with Gasteiger partial charge in [-0.2, -0.15) is 0 Å². The summed E-state index contributed by atoms with van der Waals surface area (Å²) >= 11 is 5.81. The topological polar surface area (TPSA) is 29.1 Å². The second-order valence-electron chi connectivity index (χ2n) is 4.26. The van der Waals surface area contributed by atoms with Crippen LogP contribution in [0.2, 0.25) is 5.02 Å². The Bertz CT molecular complexity index is 546. The van der Waals surface area contributed by atoms with Crippen LogP contribution in [0.25, 0.3) is 0 Å². The molecule has 0 bridgehead atoms. The van der Waals surface area contributed by atoms with E-state index in [1.165, 1.54) is 0 Å². The van der Waals surface area contributed by atoms with Crippen LogP contribution in [0.15, 0.2) is 48.5 Å². The maximum atomic E-state index is 11.9. The van der Waals surface area contributed by atoms with Crippen molar-refractivity contribution >= 4 is 17.5 Å². The largest absolute Gasteiger partial charge is 0.348 e. The smallest absolute Gasteiger partial charge is 0.251 e. The van der Waals surface area contributed by atoms with E-state index in [4.69, 9.17) is 11.6 Å². The maximum Gasteiger partial charge on any atom is 0.251 e. The van der Waals surface area contributed by atoms with Crippen LogP contribution in [0, 0.1) is 6.92 Å². The molecule has 0 fully saturated rings. The molecule has 2 aromatic rings. The second kappa shape index (κ2) is 6.39. The molecule has 0 unspecified atom stereocenters. The van der Waals surface area contributed by atoms with Gasteiger partial charge in [-0.25, -0.2) is 0 Å². The molecule has 0 aliphatic carbocycles. The van der Waals surface area contributed by atoms with E-state index in [0.29, 0.717) is 17.1 Å². The van der Waals surface area contributed by atoms with Crippen LogP contribution in [-0.4, -0.2) is 5.91 Å². The molecule has 2 rings (SSSR count). The average molecular weight is 273 g/mol. The molecule has 1 radical (unpaired) electrons. The van der Waals surface area contributed by atoms with Gasteiger partial charge >= 0.3 is 0 Å². The van der Waals surface area contributed by atoms with Crippen molar-refractivity contribution in [3.05, 3.63) is 77.2 Å². The predicted octanol–water partition coefficient (Wildman–Crippen LogP) is 3.65. The summed E-state index contributed by atoms with van der Waals surface area (Å²) in [4.78, 5) is 11.9. The number of nitrogens with one attached hydrogen (secondary N) is 1. The molecule has 0 aliphatic heterocycles.